The standard InChI is InChI=1S/C11H18N2O2/c1-8-5-13-11(15-8)6-12-9(2)10-3-4-14-7-10/h5,9-10,12H,3-4,6-7H2,1-2H3. The van der Waals surface area contributed by atoms with Crippen molar-refractivity contribution >= 4 is 0 Å². The molecule has 1 saturated heterocycles. The van der Waals surface area contributed by atoms with Gasteiger partial charge in [-0.3, -0.25) is 0 Å². The maximum Gasteiger partial charge on any atom is 0.208 e. The van der Waals surface area contributed by atoms with Crippen molar-refractivity contribution in [2.45, 2.75) is 32.9 Å². The Morgan fingerprint density at radius 3 is 3.13 bits per heavy atom. The van der Waals surface area contributed by atoms with Gasteiger partial charge in [0.25, 0.3) is 0 Å². The Bertz CT molecular complexity index is 305. The number of aryl methyl sites for hydroxylation is 1. The molecule has 0 bridgehead atoms. The molecule has 1 aromatic heterocycles. The van der Waals surface area contributed by atoms with E-state index in [1.54, 1.807) is 6.20 Å². The van der Waals surface area contributed by atoms with Crippen LogP contribution in [0.15, 0.2) is 10.6 Å². The fraction of sp³-hybridized carbons (Fsp3) is 0.727. The molecule has 1 aromatic rings. The molecule has 2 heterocycles. The van der Waals surface area contributed by atoms with Crippen molar-refractivity contribution in [3.05, 3.63) is 17.8 Å². The first-order chi connectivity index (χ1) is 7.25. The molecule has 0 radical (unpaired) electrons. The van der Waals surface area contributed by atoms with E-state index in [1.165, 1.54) is 0 Å². The lowest BCUT2D eigenvalue weighted by Gasteiger charge is -2.17. The number of hydrogen-bond acceptors (Lipinski definition) is 4. The zero-order valence-corrected chi connectivity index (χ0v) is 9.32. The molecule has 1 aliphatic heterocycles. The fourth-order valence-electron chi connectivity index (χ4n) is 1.85. The summed E-state index contributed by atoms with van der Waals surface area (Å²) in [6.07, 6.45) is 2.90. The third kappa shape index (κ3) is 2.79. The lowest BCUT2D eigenvalue weighted by molar-refractivity contribution is 0.177. The summed E-state index contributed by atoms with van der Waals surface area (Å²) in [4.78, 5) is 4.15. The van der Waals surface area contributed by atoms with Crippen molar-refractivity contribution < 1.29 is 9.15 Å². The van der Waals surface area contributed by atoms with Gasteiger partial charge < -0.3 is 14.5 Å². The van der Waals surface area contributed by atoms with E-state index in [2.05, 4.69) is 17.2 Å². The molecule has 4 nitrogen and oxygen atoms in total. The fourth-order valence-corrected chi connectivity index (χ4v) is 1.85. The normalized spacial score (nSPS) is 23.2. The van der Waals surface area contributed by atoms with Crippen LogP contribution in [0.25, 0.3) is 0 Å². The molecular formula is C11H18N2O2. The molecule has 84 valence electrons. The van der Waals surface area contributed by atoms with Crippen molar-refractivity contribution in [1.82, 2.24) is 10.3 Å². The van der Waals surface area contributed by atoms with Crippen LogP contribution in [-0.2, 0) is 11.3 Å². The minimum absolute atomic E-state index is 0.458. The number of nitrogens with one attached hydrogen (secondary N) is 1. The average Bonchev–Trinajstić information content (AvgIpc) is 2.84. The Balaban J connectivity index is 1.77. The van der Waals surface area contributed by atoms with Gasteiger partial charge in [-0.1, -0.05) is 0 Å². The zero-order valence-electron chi connectivity index (χ0n) is 9.32. The maximum absolute atomic E-state index is 5.39. The summed E-state index contributed by atoms with van der Waals surface area (Å²) in [7, 11) is 0. The molecule has 2 rings (SSSR count). The molecule has 0 aromatic carbocycles. The van der Waals surface area contributed by atoms with E-state index in [-0.39, 0.29) is 0 Å². The van der Waals surface area contributed by atoms with Crippen molar-refractivity contribution in [3.8, 4) is 0 Å². The largest absolute Gasteiger partial charge is 0.445 e. The summed E-state index contributed by atoms with van der Waals surface area (Å²) >= 11 is 0. The second-order valence-electron chi connectivity index (χ2n) is 4.16. The molecule has 0 saturated carbocycles. The van der Waals surface area contributed by atoms with Crippen molar-refractivity contribution in [1.29, 1.82) is 0 Å². The monoisotopic (exact) mass is 210 g/mol. The quantitative estimate of drug-likeness (QED) is 0.818. The second-order valence-corrected chi connectivity index (χ2v) is 4.16. The number of nitrogens with zero attached hydrogens (tertiary/aromatic N) is 1. The molecule has 15 heavy (non-hydrogen) atoms. The van der Waals surface area contributed by atoms with Gasteiger partial charge in [-0.05, 0) is 26.2 Å². The van der Waals surface area contributed by atoms with Gasteiger partial charge in [0.15, 0.2) is 0 Å². The molecule has 2 unspecified atom stereocenters. The molecule has 0 spiro atoms. The van der Waals surface area contributed by atoms with E-state index in [9.17, 15) is 0 Å². The van der Waals surface area contributed by atoms with Gasteiger partial charge in [-0.15, -0.1) is 0 Å². The Morgan fingerprint density at radius 2 is 2.53 bits per heavy atom. The summed E-state index contributed by atoms with van der Waals surface area (Å²) in [5.41, 5.74) is 0. The third-order valence-corrected chi connectivity index (χ3v) is 2.92. The molecule has 0 amide bonds. The molecule has 1 fully saturated rings. The van der Waals surface area contributed by atoms with E-state index in [4.69, 9.17) is 9.15 Å². The molecule has 1 aliphatic rings. The predicted molar refractivity (Wildman–Crippen MR) is 56.5 cm³/mol. The van der Waals surface area contributed by atoms with Crippen molar-refractivity contribution in [2.75, 3.05) is 13.2 Å². The van der Waals surface area contributed by atoms with Gasteiger partial charge in [0.05, 0.1) is 19.3 Å². The van der Waals surface area contributed by atoms with E-state index in [1.807, 2.05) is 6.92 Å². The topological polar surface area (TPSA) is 47.3 Å². The number of aromatic nitrogens is 1. The summed E-state index contributed by atoms with van der Waals surface area (Å²) in [6, 6.07) is 0.458. The van der Waals surface area contributed by atoms with Crippen molar-refractivity contribution in [3.63, 3.8) is 0 Å². The number of ether oxygens (including phenoxy) is 1. The number of oxazole rings is 1. The van der Waals surface area contributed by atoms with Gasteiger partial charge in [0, 0.05) is 12.6 Å². The van der Waals surface area contributed by atoms with Crippen LogP contribution in [0.4, 0.5) is 0 Å². The van der Waals surface area contributed by atoms with E-state index >= 15 is 0 Å². The van der Waals surface area contributed by atoms with Crippen LogP contribution in [0, 0.1) is 12.8 Å². The van der Waals surface area contributed by atoms with Crippen LogP contribution in [0.1, 0.15) is 25.0 Å². The van der Waals surface area contributed by atoms with Gasteiger partial charge in [0.2, 0.25) is 5.89 Å². The van der Waals surface area contributed by atoms with Crippen LogP contribution >= 0.6 is 0 Å². The van der Waals surface area contributed by atoms with Crippen LogP contribution in [-0.4, -0.2) is 24.2 Å². The van der Waals surface area contributed by atoms with Crippen LogP contribution in [0.3, 0.4) is 0 Å². The highest BCUT2D eigenvalue weighted by Gasteiger charge is 2.21. The Kier molecular flexibility index (Phi) is 3.38. The van der Waals surface area contributed by atoms with Gasteiger partial charge >= 0.3 is 0 Å². The lowest BCUT2D eigenvalue weighted by atomic mass is 10.0. The summed E-state index contributed by atoms with van der Waals surface area (Å²) in [6.45, 7) is 6.57. The van der Waals surface area contributed by atoms with E-state index < -0.39 is 0 Å². The van der Waals surface area contributed by atoms with Gasteiger partial charge in [-0.25, -0.2) is 4.98 Å². The smallest absolute Gasteiger partial charge is 0.208 e. The molecule has 2 atom stereocenters. The van der Waals surface area contributed by atoms with Gasteiger partial charge in [-0.2, -0.15) is 0 Å². The van der Waals surface area contributed by atoms with Crippen molar-refractivity contribution in [2.24, 2.45) is 5.92 Å². The van der Waals surface area contributed by atoms with Crippen LogP contribution in [0.2, 0.25) is 0 Å². The SMILES string of the molecule is Cc1cnc(CNC(C)C2CCOC2)o1. The molecule has 0 aliphatic carbocycles. The van der Waals surface area contributed by atoms with E-state index in [0.717, 1.165) is 31.3 Å². The highest BCUT2D eigenvalue weighted by Crippen LogP contribution is 2.16. The Hall–Kier alpha value is -0.870. The summed E-state index contributed by atoms with van der Waals surface area (Å²) in [5.74, 6) is 2.25. The van der Waals surface area contributed by atoms with E-state index in [0.29, 0.717) is 18.5 Å². The zero-order chi connectivity index (χ0) is 10.7. The second kappa shape index (κ2) is 4.77. The van der Waals surface area contributed by atoms with Crippen LogP contribution in [0.5, 0.6) is 0 Å². The lowest BCUT2D eigenvalue weighted by Crippen LogP contribution is -2.33. The first-order valence-electron chi connectivity index (χ1n) is 5.48. The molecule has 4 heteroatoms. The average molecular weight is 210 g/mol. The third-order valence-electron chi connectivity index (χ3n) is 2.92. The minimum atomic E-state index is 0.458. The number of hydrogen-bond donors (Lipinski definition) is 1. The van der Waals surface area contributed by atoms with Crippen LogP contribution < -0.4 is 5.32 Å². The Morgan fingerprint density at radius 1 is 1.67 bits per heavy atom. The van der Waals surface area contributed by atoms with Gasteiger partial charge in [0.1, 0.15) is 5.76 Å². The molecule has 1 N–H and O–H groups in total. The predicted octanol–water partition coefficient (Wildman–Crippen LogP) is 1.50. The first kappa shape index (κ1) is 10.6. The molecular weight excluding hydrogens is 192 g/mol. The summed E-state index contributed by atoms with van der Waals surface area (Å²) < 4.78 is 10.7. The first-order valence-corrected chi connectivity index (χ1v) is 5.48. The Labute approximate surface area is 90.0 Å². The highest BCUT2D eigenvalue weighted by atomic mass is 16.5. The maximum atomic E-state index is 5.39. The summed E-state index contributed by atoms with van der Waals surface area (Å²) in [5, 5.41) is 3.42. The number of rotatable bonds is 4. The minimum Gasteiger partial charge on any atom is -0.445 e. The highest BCUT2D eigenvalue weighted by molar-refractivity contribution is 4.91.